The van der Waals surface area contributed by atoms with Gasteiger partial charge in [0.2, 0.25) is 5.91 Å². The van der Waals surface area contributed by atoms with Crippen molar-refractivity contribution in [2.24, 2.45) is 10.7 Å². The molecular weight excluding hydrogens is 589 g/mol. The molecule has 2 aliphatic heterocycles. The van der Waals surface area contributed by atoms with Crippen LogP contribution in [0.1, 0.15) is 42.6 Å². The number of urea groups is 1. The highest BCUT2D eigenvalue weighted by atomic mass is 35.5. The Balaban J connectivity index is 1.66. The van der Waals surface area contributed by atoms with Gasteiger partial charge in [-0.2, -0.15) is 0 Å². The van der Waals surface area contributed by atoms with Crippen molar-refractivity contribution in [1.29, 1.82) is 0 Å². The van der Waals surface area contributed by atoms with Gasteiger partial charge in [0.15, 0.2) is 0 Å². The lowest BCUT2D eigenvalue weighted by Gasteiger charge is -2.38. The van der Waals surface area contributed by atoms with Crippen LogP contribution in [0.2, 0.25) is 10.0 Å². The van der Waals surface area contributed by atoms with Crippen LogP contribution < -0.4 is 15.2 Å². The smallest absolute Gasteiger partial charge is 0.326 e. The van der Waals surface area contributed by atoms with Crippen LogP contribution in [0.25, 0.3) is 0 Å². The third-order valence-electron chi connectivity index (χ3n) is 7.48. The minimum atomic E-state index is -0.549. The first kappa shape index (κ1) is 30.7. The number of nitrogens with zero attached hydrogens (tertiary/aromatic N) is 4. The van der Waals surface area contributed by atoms with Gasteiger partial charge in [0.1, 0.15) is 29.9 Å². The molecule has 0 aliphatic carbocycles. The Bertz CT molecular complexity index is 1500. The van der Waals surface area contributed by atoms with E-state index in [1.54, 1.807) is 40.0 Å². The van der Waals surface area contributed by atoms with E-state index in [0.717, 1.165) is 11.1 Å². The number of benzene rings is 3. The second kappa shape index (κ2) is 13.2. The predicted molar refractivity (Wildman–Crippen MR) is 168 cm³/mol. The van der Waals surface area contributed by atoms with Crippen molar-refractivity contribution in [1.82, 2.24) is 14.7 Å². The van der Waals surface area contributed by atoms with Gasteiger partial charge in [-0.1, -0.05) is 47.5 Å². The quantitative estimate of drug-likeness (QED) is 0.354. The third kappa shape index (κ3) is 6.59. The number of nitrogens with two attached hydrogens (primary N) is 1. The average Bonchev–Trinajstić information content (AvgIpc) is 3.38. The minimum Gasteiger partial charge on any atom is -0.497 e. The summed E-state index contributed by atoms with van der Waals surface area (Å²) in [6, 6.07) is 18.9. The molecule has 0 radical (unpaired) electrons. The molecule has 43 heavy (non-hydrogen) atoms. The largest absolute Gasteiger partial charge is 0.497 e. The monoisotopic (exact) mass is 623 g/mol. The molecule has 226 valence electrons. The molecule has 0 unspecified atom stereocenters. The number of methoxy groups -OCH3 is 1. The third-order valence-corrected chi connectivity index (χ3v) is 7.98. The van der Waals surface area contributed by atoms with Crippen LogP contribution in [0.4, 0.5) is 4.79 Å². The first-order valence-corrected chi connectivity index (χ1v) is 15.0. The maximum atomic E-state index is 14.6. The van der Waals surface area contributed by atoms with E-state index in [-0.39, 0.29) is 24.6 Å². The molecule has 2 heterocycles. The molecule has 5 rings (SSSR count). The maximum Gasteiger partial charge on any atom is 0.326 e. The van der Waals surface area contributed by atoms with E-state index in [0.29, 0.717) is 59.1 Å². The number of amidine groups is 1. The number of halogens is 2. The molecule has 3 amide bonds. The van der Waals surface area contributed by atoms with Crippen molar-refractivity contribution in [3.63, 3.8) is 0 Å². The minimum absolute atomic E-state index is 0.0560. The molecule has 1 fully saturated rings. The molecule has 2 N–H and O–H groups in total. The molecule has 2 atom stereocenters. The summed E-state index contributed by atoms with van der Waals surface area (Å²) < 4.78 is 11.7. The summed E-state index contributed by atoms with van der Waals surface area (Å²) in [5.74, 6) is 1.43. The van der Waals surface area contributed by atoms with Crippen LogP contribution in [0.15, 0.2) is 71.7 Å². The summed E-state index contributed by atoms with van der Waals surface area (Å²) >= 11 is 12.5. The number of hydrogen-bond acceptors (Lipinski definition) is 6. The Morgan fingerprint density at radius 1 is 1.00 bits per heavy atom. The lowest BCUT2D eigenvalue weighted by atomic mass is 9.93. The van der Waals surface area contributed by atoms with E-state index >= 15 is 0 Å². The summed E-state index contributed by atoms with van der Waals surface area (Å²) in [6.07, 6.45) is -0.149. The number of piperazine rings is 1. The number of carbonyl (C=O) groups excluding carboxylic acids is 2. The fourth-order valence-corrected chi connectivity index (χ4v) is 5.69. The van der Waals surface area contributed by atoms with Crippen molar-refractivity contribution < 1.29 is 19.1 Å². The zero-order chi connectivity index (χ0) is 30.7. The van der Waals surface area contributed by atoms with E-state index in [1.807, 2.05) is 62.4 Å². The number of carbonyl (C=O) groups is 2. The first-order chi connectivity index (χ1) is 20.7. The van der Waals surface area contributed by atoms with E-state index in [4.69, 9.17) is 43.4 Å². The molecule has 0 bridgehead atoms. The highest BCUT2D eigenvalue weighted by Crippen LogP contribution is 2.46. The van der Waals surface area contributed by atoms with Gasteiger partial charge in [0, 0.05) is 42.3 Å². The van der Waals surface area contributed by atoms with Crippen molar-refractivity contribution in [2.75, 3.05) is 39.8 Å². The fraction of sp³-hybridized carbons (Fsp3) is 0.344. The van der Waals surface area contributed by atoms with E-state index in [1.165, 1.54) is 0 Å². The fourth-order valence-electron chi connectivity index (χ4n) is 5.44. The normalized spacial score (nSPS) is 18.7. The lowest BCUT2D eigenvalue weighted by molar-refractivity contribution is -0.134. The van der Waals surface area contributed by atoms with Crippen LogP contribution in [-0.4, -0.2) is 78.4 Å². The molecule has 9 nitrogen and oxygen atoms in total. The number of amides is 3. The highest BCUT2D eigenvalue weighted by Gasteiger charge is 2.45. The molecule has 3 aromatic rings. The summed E-state index contributed by atoms with van der Waals surface area (Å²) in [6.45, 7) is 5.39. The van der Waals surface area contributed by atoms with Gasteiger partial charge in [0.05, 0.1) is 24.8 Å². The average molecular weight is 625 g/mol. The van der Waals surface area contributed by atoms with Crippen LogP contribution in [0, 0.1) is 0 Å². The van der Waals surface area contributed by atoms with Crippen molar-refractivity contribution >= 4 is 41.0 Å². The SMILES string of the molecule is COc1ccc(C2=N[C@@H](c3ccc(Cl)cc3)[C@@H](c3ccc(Cl)cc3)N2C(=O)N2CCN(CCN)C(=O)C2)c(OC(C)C)c1. The van der Waals surface area contributed by atoms with Crippen molar-refractivity contribution in [3.8, 4) is 11.5 Å². The highest BCUT2D eigenvalue weighted by molar-refractivity contribution is 6.30. The number of ether oxygens (including phenoxy) is 2. The molecule has 11 heteroatoms. The number of rotatable bonds is 8. The van der Waals surface area contributed by atoms with Gasteiger partial charge in [0.25, 0.3) is 0 Å². The van der Waals surface area contributed by atoms with Gasteiger partial charge >= 0.3 is 6.03 Å². The second-order valence-corrected chi connectivity index (χ2v) is 11.6. The van der Waals surface area contributed by atoms with Gasteiger partial charge in [-0.25, -0.2) is 4.79 Å². The van der Waals surface area contributed by atoms with Gasteiger partial charge < -0.3 is 25.0 Å². The molecule has 3 aromatic carbocycles. The summed E-state index contributed by atoms with van der Waals surface area (Å²) in [5.41, 5.74) is 8.05. The molecular formula is C32H35Cl2N5O4. The zero-order valence-electron chi connectivity index (χ0n) is 24.4. The summed E-state index contributed by atoms with van der Waals surface area (Å²) in [5, 5.41) is 1.17. The first-order valence-electron chi connectivity index (χ1n) is 14.2. The summed E-state index contributed by atoms with van der Waals surface area (Å²) in [4.78, 5) is 37.7. The summed E-state index contributed by atoms with van der Waals surface area (Å²) in [7, 11) is 1.59. The van der Waals surface area contributed by atoms with Crippen LogP contribution >= 0.6 is 23.2 Å². The Labute approximate surface area is 261 Å². The topological polar surface area (TPSA) is 101 Å². The van der Waals surface area contributed by atoms with E-state index in [9.17, 15) is 9.59 Å². The Morgan fingerprint density at radius 3 is 2.23 bits per heavy atom. The zero-order valence-corrected chi connectivity index (χ0v) is 25.9. The lowest BCUT2D eigenvalue weighted by Crippen LogP contribution is -2.57. The second-order valence-electron chi connectivity index (χ2n) is 10.7. The molecule has 0 aromatic heterocycles. The van der Waals surface area contributed by atoms with E-state index < -0.39 is 12.1 Å². The standard InChI is InChI=1S/C32H35Cl2N5O4/c1-20(2)43-27-18-25(42-3)12-13-26(27)31-36-29(21-4-8-23(33)9-5-21)30(22-6-10-24(34)11-7-22)39(31)32(41)38-17-16-37(15-14-35)28(40)19-38/h4-13,18,20,29-30H,14-17,19,35H2,1-3H3/t29-,30+/m0/s1. The number of hydrogen-bond donors (Lipinski definition) is 1. The molecule has 2 aliphatic rings. The number of aliphatic imine (C=N–C) groups is 1. The van der Waals surface area contributed by atoms with Crippen molar-refractivity contribution in [2.45, 2.75) is 32.0 Å². The predicted octanol–water partition coefficient (Wildman–Crippen LogP) is 5.56. The van der Waals surface area contributed by atoms with Crippen LogP contribution in [0.3, 0.4) is 0 Å². The van der Waals surface area contributed by atoms with Gasteiger partial charge in [-0.05, 0) is 61.4 Å². The van der Waals surface area contributed by atoms with Crippen LogP contribution in [0.5, 0.6) is 11.5 Å². The van der Waals surface area contributed by atoms with E-state index in [2.05, 4.69) is 0 Å². The molecule has 0 saturated carbocycles. The molecule has 1 saturated heterocycles. The Kier molecular flexibility index (Phi) is 9.44. The van der Waals surface area contributed by atoms with Crippen molar-refractivity contribution in [3.05, 3.63) is 93.5 Å². The van der Waals surface area contributed by atoms with Crippen LogP contribution in [-0.2, 0) is 4.79 Å². The maximum absolute atomic E-state index is 14.6. The molecule has 0 spiro atoms. The van der Waals surface area contributed by atoms with Gasteiger partial charge in [-0.15, -0.1) is 0 Å². The Morgan fingerprint density at radius 2 is 1.65 bits per heavy atom. The Hall–Kier alpha value is -3.79. The van der Waals surface area contributed by atoms with Gasteiger partial charge in [-0.3, -0.25) is 14.7 Å².